The lowest BCUT2D eigenvalue weighted by Gasteiger charge is -2.12. The molecule has 0 saturated heterocycles. The SMILES string of the molecule is CCOC1(NC)CC1.Cl. The number of ether oxygens (including phenoxy) is 1. The molecule has 0 aromatic carbocycles. The molecule has 0 aromatic heterocycles. The molecule has 0 aromatic rings. The van der Waals surface area contributed by atoms with Gasteiger partial charge >= 0.3 is 0 Å². The smallest absolute Gasteiger partial charge is 0.119 e. The topological polar surface area (TPSA) is 21.3 Å². The van der Waals surface area contributed by atoms with Crippen LogP contribution in [0.3, 0.4) is 0 Å². The predicted octanol–water partition coefficient (Wildman–Crippen LogP) is 1.15. The fourth-order valence-corrected chi connectivity index (χ4v) is 0.856. The van der Waals surface area contributed by atoms with Gasteiger partial charge in [-0.15, -0.1) is 12.4 Å². The summed E-state index contributed by atoms with van der Waals surface area (Å²) < 4.78 is 5.38. The van der Waals surface area contributed by atoms with Crippen molar-refractivity contribution < 1.29 is 4.74 Å². The summed E-state index contributed by atoms with van der Waals surface area (Å²) in [6, 6.07) is 0. The van der Waals surface area contributed by atoms with Crippen molar-refractivity contribution in [2.45, 2.75) is 25.5 Å². The summed E-state index contributed by atoms with van der Waals surface area (Å²) in [5.74, 6) is 0. The van der Waals surface area contributed by atoms with Crippen LogP contribution in [0.25, 0.3) is 0 Å². The van der Waals surface area contributed by atoms with Crippen LogP contribution in [0.1, 0.15) is 19.8 Å². The highest BCUT2D eigenvalue weighted by Gasteiger charge is 2.41. The van der Waals surface area contributed by atoms with Crippen LogP contribution in [0.5, 0.6) is 0 Å². The van der Waals surface area contributed by atoms with E-state index in [1.807, 2.05) is 14.0 Å². The molecule has 2 nitrogen and oxygen atoms in total. The van der Waals surface area contributed by atoms with Gasteiger partial charge in [0.25, 0.3) is 0 Å². The fraction of sp³-hybridized carbons (Fsp3) is 1.00. The van der Waals surface area contributed by atoms with Crippen LogP contribution in [0.15, 0.2) is 0 Å². The van der Waals surface area contributed by atoms with Crippen LogP contribution in [0.2, 0.25) is 0 Å². The normalized spacial score (nSPS) is 20.7. The lowest BCUT2D eigenvalue weighted by atomic mass is 10.6. The van der Waals surface area contributed by atoms with Gasteiger partial charge in [-0.2, -0.15) is 0 Å². The molecule has 56 valence electrons. The molecule has 1 aliphatic carbocycles. The highest BCUT2D eigenvalue weighted by molar-refractivity contribution is 5.85. The molecule has 0 aliphatic heterocycles. The van der Waals surface area contributed by atoms with Crippen LogP contribution in [-0.2, 0) is 4.74 Å². The Morgan fingerprint density at radius 2 is 2.11 bits per heavy atom. The summed E-state index contributed by atoms with van der Waals surface area (Å²) in [4.78, 5) is 0. The number of halogens is 1. The monoisotopic (exact) mass is 151 g/mol. The van der Waals surface area contributed by atoms with Gasteiger partial charge in [0.15, 0.2) is 0 Å². The van der Waals surface area contributed by atoms with E-state index < -0.39 is 0 Å². The Hall–Kier alpha value is 0.210. The van der Waals surface area contributed by atoms with E-state index in [2.05, 4.69) is 5.32 Å². The third kappa shape index (κ3) is 2.12. The highest BCUT2D eigenvalue weighted by atomic mass is 35.5. The molecular formula is C6H14ClNO. The van der Waals surface area contributed by atoms with Crippen LogP contribution in [0, 0.1) is 0 Å². The lowest BCUT2D eigenvalue weighted by Crippen LogP contribution is -2.30. The second-order valence-corrected chi connectivity index (χ2v) is 2.18. The Balaban J connectivity index is 0.000000640. The second kappa shape index (κ2) is 3.40. The summed E-state index contributed by atoms with van der Waals surface area (Å²) in [5.41, 5.74) is 0.0920. The second-order valence-electron chi connectivity index (χ2n) is 2.18. The molecule has 1 fully saturated rings. The minimum atomic E-state index is 0. The largest absolute Gasteiger partial charge is 0.361 e. The quantitative estimate of drug-likeness (QED) is 0.612. The van der Waals surface area contributed by atoms with Gasteiger partial charge in [-0.3, -0.25) is 5.32 Å². The van der Waals surface area contributed by atoms with Gasteiger partial charge in [0, 0.05) is 6.61 Å². The summed E-state index contributed by atoms with van der Waals surface area (Å²) in [6.07, 6.45) is 2.36. The van der Waals surface area contributed by atoms with Crippen LogP contribution < -0.4 is 5.32 Å². The first-order valence-corrected chi connectivity index (χ1v) is 3.16. The molecule has 0 amide bonds. The first-order valence-electron chi connectivity index (χ1n) is 3.16. The first kappa shape index (κ1) is 9.21. The zero-order chi connectivity index (χ0) is 6.04. The van der Waals surface area contributed by atoms with Crippen molar-refractivity contribution in [1.82, 2.24) is 5.32 Å². The minimum Gasteiger partial charge on any atom is -0.361 e. The molecule has 1 rings (SSSR count). The number of rotatable bonds is 3. The van der Waals surface area contributed by atoms with Gasteiger partial charge in [-0.05, 0) is 26.8 Å². The molecule has 0 unspecified atom stereocenters. The molecule has 0 radical (unpaired) electrons. The molecule has 0 bridgehead atoms. The van der Waals surface area contributed by atoms with E-state index in [9.17, 15) is 0 Å². The molecule has 0 atom stereocenters. The Morgan fingerprint density at radius 3 is 2.22 bits per heavy atom. The first-order chi connectivity index (χ1) is 3.83. The van der Waals surface area contributed by atoms with Crippen molar-refractivity contribution in [3.05, 3.63) is 0 Å². The Labute approximate surface area is 62.4 Å². The Morgan fingerprint density at radius 1 is 1.56 bits per heavy atom. The molecule has 1 saturated carbocycles. The van der Waals surface area contributed by atoms with Crippen molar-refractivity contribution in [2.75, 3.05) is 13.7 Å². The fourth-order valence-electron chi connectivity index (χ4n) is 0.856. The van der Waals surface area contributed by atoms with E-state index in [1.165, 1.54) is 12.8 Å². The lowest BCUT2D eigenvalue weighted by molar-refractivity contribution is 0.0220. The maximum atomic E-state index is 5.38. The minimum absolute atomic E-state index is 0. The molecule has 9 heavy (non-hydrogen) atoms. The van der Waals surface area contributed by atoms with Crippen molar-refractivity contribution >= 4 is 12.4 Å². The molecular weight excluding hydrogens is 138 g/mol. The van der Waals surface area contributed by atoms with Gasteiger partial charge in [0.1, 0.15) is 5.72 Å². The Bertz CT molecular complexity index is 83.1. The standard InChI is InChI=1S/C6H13NO.ClH/c1-3-8-6(7-2)4-5-6;/h7H,3-5H2,1-2H3;1H. The zero-order valence-corrected chi connectivity index (χ0v) is 6.75. The summed E-state index contributed by atoms with van der Waals surface area (Å²) in [5, 5.41) is 3.13. The summed E-state index contributed by atoms with van der Waals surface area (Å²) in [6.45, 7) is 2.85. The van der Waals surface area contributed by atoms with Gasteiger partial charge in [0.05, 0.1) is 0 Å². The van der Waals surface area contributed by atoms with E-state index in [4.69, 9.17) is 4.74 Å². The van der Waals surface area contributed by atoms with E-state index in [0.29, 0.717) is 0 Å². The molecule has 0 heterocycles. The van der Waals surface area contributed by atoms with Crippen LogP contribution in [-0.4, -0.2) is 19.4 Å². The molecule has 3 heteroatoms. The maximum Gasteiger partial charge on any atom is 0.119 e. The average Bonchev–Trinajstić information content (AvgIpc) is 2.50. The van der Waals surface area contributed by atoms with Gasteiger partial charge in [0.2, 0.25) is 0 Å². The van der Waals surface area contributed by atoms with E-state index >= 15 is 0 Å². The molecule has 1 aliphatic rings. The maximum absolute atomic E-state index is 5.38. The van der Waals surface area contributed by atoms with Gasteiger partial charge in [-0.25, -0.2) is 0 Å². The summed E-state index contributed by atoms with van der Waals surface area (Å²) >= 11 is 0. The van der Waals surface area contributed by atoms with Gasteiger partial charge in [-0.1, -0.05) is 0 Å². The Kier molecular flexibility index (Phi) is 3.48. The average molecular weight is 152 g/mol. The number of hydrogen-bond donors (Lipinski definition) is 1. The van der Waals surface area contributed by atoms with Crippen molar-refractivity contribution in [3.8, 4) is 0 Å². The number of nitrogens with one attached hydrogen (secondary N) is 1. The van der Waals surface area contributed by atoms with E-state index in [0.717, 1.165) is 6.61 Å². The molecule has 1 N–H and O–H groups in total. The van der Waals surface area contributed by atoms with Crippen LogP contribution >= 0.6 is 12.4 Å². The van der Waals surface area contributed by atoms with E-state index in [1.54, 1.807) is 0 Å². The highest BCUT2D eigenvalue weighted by Crippen LogP contribution is 2.35. The van der Waals surface area contributed by atoms with Crippen molar-refractivity contribution in [2.24, 2.45) is 0 Å². The van der Waals surface area contributed by atoms with Crippen molar-refractivity contribution in [1.29, 1.82) is 0 Å². The van der Waals surface area contributed by atoms with E-state index in [-0.39, 0.29) is 18.1 Å². The number of hydrogen-bond acceptors (Lipinski definition) is 2. The molecule has 0 spiro atoms. The van der Waals surface area contributed by atoms with Crippen LogP contribution in [0.4, 0.5) is 0 Å². The third-order valence-electron chi connectivity index (χ3n) is 1.58. The third-order valence-corrected chi connectivity index (χ3v) is 1.58. The van der Waals surface area contributed by atoms with Crippen molar-refractivity contribution in [3.63, 3.8) is 0 Å². The zero-order valence-electron chi connectivity index (χ0n) is 5.94. The summed E-state index contributed by atoms with van der Waals surface area (Å²) in [7, 11) is 1.95. The predicted molar refractivity (Wildman–Crippen MR) is 39.9 cm³/mol. The van der Waals surface area contributed by atoms with Gasteiger partial charge < -0.3 is 4.74 Å².